The number of hydrogen-bond donors (Lipinski definition) is 1. The van der Waals surface area contributed by atoms with Gasteiger partial charge in [-0.15, -0.1) is 0 Å². The van der Waals surface area contributed by atoms with E-state index in [1.54, 1.807) is 6.07 Å². The number of pyridine rings is 1. The molecule has 0 spiro atoms. The fraction of sp³-hybridized carbons (Fsp3) is 0.143. The minimum Gasteiger partial charge on any atom is -0.398 e. The molecule has 13 heavy (non-hydrogen) atoms. The van der Waals surface area contributed by atoms with Crippen LogP contribution in [-0.2, 0) is 0 Å². The van der Waals surface area contributed by atoms with Gasteiger partial charge in [-0.3, -0.25) is 0 Å². The van der Waals surface area contributed by atoms with Gasteiger partial charge in [0.2, 0.25) is 0 Å². The Hall–Kier alpha value is -1.41. The Balaban J connectivity index is 3.30. The van der Waals surface area contributed by atoms with Gasteiger partial charge in [0.15, 0.2) is 0 Å². The molecule has 68 valence electrons. The highest BCUT2D eigenvalue weighted by molar-refractivity contribution is 6.30. The van der Waals surface area contributed by atoms with Crippen molar-refractivity contribution in [2.24, 2.45) is 0 Å². The molecule has 0 unspecified atom stereocenters. The van der Waals surface area contributed by atoms with Crippen LogP contribution in [0.5, 0.6) is 0 Å². The molecule has 0 saturated heterocycles. The highest BCUT2D eigenvalue weighted by atomic mass is 35.5. The third kappa shape index (κ3) is 1.84. The highest BCUT2D eigenvalue weighted by Gasteiger charge is 2.14. The minimum atomic E-state index is -2.74. The first-order valence-electron chi connectivity index (χ1n) is 3.20. The minimum absolute atomic E-state index is 0.0777. The largest absolute Gasteiger partial charge is 0.398 e. The summed E-state index contributed by atoms with van der Waals surface area (Å²) < 4.78 is 24.2. The van der Waals surface area contributed by atoms with Crippen LogP contribution >= 0.6 is 11.6 Å². The molecular weight excluding hydrogens is 200 g/mol. The lowest BCUT2D eigenvalue weighted by atomic mass is 10.2. The smallest absolute Gasteiger partial charge is 0.280 e. The average molecular weight is 204 g/mol. The Morgan fingerprint density at radius 2 is 2.23 bits per heavy atom. The number of rotatable bonds is 1. The van der Waals surface area contributed by atoms with Gasteiger partial charge in [0, 0.05) is 0 Å². The van der Waals surface area contributed by atoms with Crippen molar-refractivity contribution in [1.82, 2.24) is 4.98 Å². The zero-order valence-corrected chi connectivity index (χ0v) is 7.02. The van der Waals surface area contributed by atoms with E-state index < -0.39 is 12.1 Å². The standard InChI is InChI=1S/C7H4ClF2N3/c8-6-3(2-11)4(12)1-5(13-6)7(9)10/h1,7H,(H2,12,13). The lowest BCUT2D eigenvalue weighted by Crippen LogP contribution is -1.98. The molecule has 1 heterocycles. The third-order valence-corrected chi connectivity index (χ3v) is 1.63. The topological polar surface area (TPSA) is 62.7 Å². The van der Waals surface area contributed by atoms with Crippen molar-refractivity contribution in [3.63, 3.8) is 0 Å². The van der Waals surface area contributed by atoms with E-state index in [9.17, 15) is 8.78 Å². The van der Waals surface area contributed by atoms with E-state index in [4.69, 9.17) is 22.6 Å². The first kappa shape index (κ1) is 9.68. The van der Waals surface area contributed by atoms with Crippen molar-refractivity contribution in [1.29, 1.82) is 5.26 Å². The summed E-state index contributed by atoms with van der Waals surface area (Å²) in [6.45, 7) is 0. The highest BCUT2D eigenvalue weighted by Crippen LogP contribution is 2.25. The van der Waals surface area contributed by atoms with E-state index in [0.717, 1.165) is 6.07 Å². The molecule has 0 amide bonds. The number of nitrogens with two attached hydrogens (primary N) is 1. The van der Waals surface area contributed by atoms with E-state index in [-0.39, 0.29) is 16.4 Å². The summed E-state index contributed by atoms with van der Waals surface area (Å²) in [5, 5.41) is 8.19. The molecule has 0 aromatic carbocycles. The summed E-state index contributed by atoms with van der Waals surface area (Å²) in [5.74, 6) is 0. The Morgan fingerprint density at radius 1 is 1.62 bits per heavy atom. The molecule has 2 N–H and O–H groups in total. The molecule has 0 aliphatic carbocycles. The van der Waals surface area contributed by atoms with Crippen LogP contribution < -0.4 is 5.73 Å². The lowest BCUT2D eigenvalue weighted by molar-refractivity contribution is 0.146. The van der Waals surface area contributed by atoms with Crippen LogP contribution in [0.15, 0.2) is 6.07 Å². The maximum Gasteiger partial charge on any atom is 0.280 e. The molecule has 0 saturated carbocycles. The fourth-order valence-corrected chi connectivity index (χ4v) is 1.02. The fourth-order valence-electron chi connectivity index (χ4n) is 0.775. The zero-order valence-electron chi connectivity index (χ0n) is 6.26. The van der Waals surface area contributed by atoms with Crippen molar-refractivity contribution >= 4 is 17.3 Å². The van der Waals surface area contributed by atoms with Crippen LogP contribution in [0.4, 0.5) is 14.5 Å². The van der Waals surface area contributed by atoms with Crippen LogP contribution in [0.25, 0.3) is 0 Å². The average Bonchev–Trinajstić information content (AvgIpc) is 2.03. The maximum atomic E-state index is 12.1. The Kier molecular flexibility index (Phi) is 2.63. The Labute approximate surface area is 77.7 Å². The van der Waals surface area contributed by atoms with Crippen molar-refractivity contribution < 1.29 is 8.78 Å². The van der Waals surface area contributed by atoms with Gasteiger partial charge < -0.3 is 5.73 Å². The molecule has 3 nitrogen and oxygen atoms in total. The van der Waals surface area contributed by atoms with Gasteiger partial charge in [0.25, 0.3) is 6.43 Å². The quantitative estimate of drug-likeness (QED) is 0.711. The molecule has 1 aromatic rings. The predicted molar refractivity (Wildman–Crippen MR) is 43.3 cm³/mol. The normalized spacial score (nSPS) is 10.1. The van der Waals surface area contributed by atoms with Crippen molar-refractivity contribution in [2.45, 2.75) is 6.43 Å². The number of nitriles is 1. The first-order valence-corrected chi connectivity index (χ1v) is 3.58. The number of alkyl halides is 2. The van der Waals surface area contributed by atoms with Crippen molar-refractivity contribution in [2.75, 3.05) is 5.73 Å². The SMILES string of the molecule is N#Cc1c(N)cc(C(F)F)nc1Cl. The Morgan fingerprint density at radius 3 is 2.62 bits per heavy atom. The Bertz CT molecular complexity index is 349. The molecule has 0 aliphatic rings. The maximum absolute atomic E-state index is 12.1. The second-order valence-corrected chi connectivity index (χ2v) is 2.57. The monoisotopic (exact) mass is 203 g/mol. The number of nitrogen functional groups attached to an aromatic ring is 1. The first-order chi connectivity index (χ1) is 6.06. The molecule has 0 fully saturated rings. The van der Waals surface area contributed by atoms with Crippen LogP contribution in [0, 0.1) is 11.3 Å². The number of nitrogens with zero attached hydrogens (tertiary/aromatic N) is 2. The number of hydrogen-bond acceptors (Lipinski definition) is 3. The lowest BCUT2D eigenvalue weighted by Gasteiger charge is -2.03. The number of halogens is 3. The third-order valence-electron chi connectivity index (χ3n) is 1.36. The molecule has 1 aromatic heterocycles. The van der Waals surface area contributed by atoms with Gasteiger partial charge in [-0.2, -0.15) is 5.26 Å². The summed E-state index contributed by atoms with van der Waals surface area (Å²) >= 11 is 5.43. The van der Waals surface area contributed by atoms with Gasteiger partial charge in [0.1, 0.15) is 22.5 Å². The van der Waals surface area contributed by atoms with E-state index >= 15 is 0 Å². The molecule has 0 radical (unpaired) electrons. The van der Waals surface area contributed by atoms with Gasteiger partial charge >= 0.3 is 0 Å². The van der Waals surface area contributed by atoms with Gasteiger partial charge in [-0.1, -0.05) is 11.6 Å². The summed E-state index contributed by atoms with van der Waals surface area (Å²) in [6.07, 6.45) is -2.74. The molecular formula is C7H4ClF2N3. The zero-order chi connectivity index (χ0) is 10.0. The van der Waals surface area contributed by atoms with E-state index in [0.29, 0.717) is 0 Å². The second-order valence-electron chi connectivity index (χ2n) is 2.21. The summed E-state index contributed by atoms with van der Waals surface area (Å²) in [6, 6.07) is 2.60. The van der Waals surface area contributed by atoms with Crippen LogP contribution in [-0.4, -0.2) is 4.98 Å². The van der Waals surface area contributed by atoms with Crippen LogP contribution in [0.3, 0.4) is 0 Å². The van der Waals surface area contributed by atoms with E-state index in [1.165, 1.54) is 0 Å². The number of aromatic nitrogens is 1. The predicted octanol–water partition coefficient (Wildman–Crippen LogP) is 2.13. The summed E-state index contributed by atoms with van der Waals surface area (Å²) in [5.41, 5.74) is 4.60. The van der Waals surface area contributed by atoms with Gasteiger partial charge in [-0.25, -0.2) is 13.8 Å². The molecule has 6 heteroatoms. The van der Waals surface area contributed by atoms with Crippen molar-refractivity contribution in [3.8, 4) is 6.07 Å². The molecule has 0 aliphatic heterocycles. The van der Waals surface area contributed by atoms with Gasteiger partial charge in [-0.05, 0) is 6.07 Å². The molecule has 1 rings (SSSR count). The van der Waals surface area contributed by atoms with Crippen LogP contribution in [0.2, 0.25) is 5.15 Å². The van der Waals surface area contributed by atoms with Crippen molar-refractivity contribution in [3.05, 3.63) is 22.5 Å². The van der Waals surface area contributed by atoms with E-state index in [1.807, 2.05) is 0 Å². The molecule has 0 bridgehead atoms. The summed E-state index contributed by atoms with van der Waals surface area (Å²) in [4.78, 5) is 3.32. The number of anilines is 1. The van der Waals surface area contributed by atoms with E-state index in [2.05, 4.69) is 4.98 Å². The second kappa shape index (κ2) is 3.54. The summed E-state index contributed by atoms with van der Waals surface area (Å²) in [7, 11) is 0. The van der Waals surface area contributed by atoms with Gasteiger partial charge in [0.05, 0.1) is 5.69 Å². The van der Waals surface area contributed by atoms with Crippen LogP contribution in [0.1, 0.15) is 17.7 Å². The molecule has 0 atom stereocenters.